The lowest BCUT2D eigenvalue weighted by molar-refractivity contribution is 0.765. The molecule has 0 N–H and O–H groups in total. The van der Waals surface area contributed by atoms with Crippen molar-refractivity contribution in [3.8, 4) is 5.82 Å². The maximum atomic E-state index is 4.63. The van der Waals surface area contributed by atoms with Crippen molar-refractivity contribution < 1.29 is 0 Å². The van der Waals surface area contributed by atoms with Gasteiger partial charge in [0, 0.05) is 17.2 Å². The van der Waals surface area contributed by atoms with Crippen LogP contribution in [0.15, 0.2) is 18.3 Å². The van der Waals surface area contributed by atoms with Crippen molar-refractivity contribution in [3.05, 3.63) is 40.8 Å². The monoisotopic (exact) mass is 307 g/mol. The SMILES string of the molecule is CCc1cc(CC)n(-c2ncc(CBr)cc2C)n1. The topological polar surface area (TPSA) is 30.7 Å². The van der Waals surface area contributed by atoms with E-state index in [2.05, 4.69) is 58.9 Å². The summed E-state index contributed by atoms with van der Waals surface area (Å²) < 4.78 is 1.98. The third kappa shape index (κ3) is 2.48. The lowest BCUT2D eigenvalue weighted by atomic mass is 10.2. The maximum absolute atomic E-state index is 4.63. The van der Waals surface area contributed by atoms with Gasteiger partial charge < -0.3 is 0 Å². The van der Waals surface area contributed by atoms with Gasteiger partial charge in [0.1, 0.15) is 0 Å². The van der Waals surface area contributed by atoms with Gasteiger partial charge in [-0.3, -0.25) is 0 Å². The van der Waals surface area contributed by atoms with Crippen LogP contribution < -0.4 is 0 Å². The first-order valence-corrected chi connectivity index (χ1v) is 7.41. The molecule has 0 bridgehead atoms. The number of aromatic nitrogens is 3. The summed E-state index contributed by atoms with van der Waals surface area (Å²) in [5.74, 6) is 0.941. The van der Waals surface area contributed by atoms with Gasteiger partial charge in [-0.05, 0) is 43.0 Å². The van der Waals surface area contributed by atoms with Gasteiger partial charge in [-0.1, -0.05) is 29.8 Å². The largest absolute Gasteiger partial charge is 0.237 e. The quantitative estimate of drug-likeness (QED) is 0.808. The molecule has 0 atom stereocenters. The van der Waals surface area contributed by atoms with Crippen molar-refractivity contribution in [2.24, 2.45) is 0 Å². The Morgan fingerprint density at radius 2 is 2.00 bits per heavy atom. The third-order valence-electron chi connectivity index (χ3n) is 3.02. The molecule has 0 fully saturated rings. The average Bonchev–Trinajstić information content (AvgIpc) is 2.81. The second-order valence-electron chi connectivity index (χ2n) is 4.36. The summed E-state index contributed by atoms with van der Waals surface area (Å²) in [6.45, 7) is 6.36. The summed E-state index contributed by atoms with van der Waals surface area (Å²) in [5, 5.41) is 5.46. The van der Waals surface area contributed by atoms with E-state index in [1.165, 1.54) is 11.3 Å². The highest BCUT2D eigenvalue weighted by atomic mass is 79.9. The Morgan fingerprint density at radius 1 is 1.22 bits per heavy atom. The molecule has 0 spiro atoms. The van der Waals surface area contributed by atoms with Crippen molar-refractivity contribution in [2.45, 2.75) is 38.9 Å². The van der Waals surface area contributed by atoms with Crippen LogP contribution in [0.2, 0.25) is 0 Å². The number of hydrogen-bond acceptors (Lipinski definition) is 2. The fraction of sp³-hybridized carbons (Fsp3) is 0.429. The first kappa shape index (κ1) is 13.3. The fourth-order valence-corrected chi connectivity index (χ4v) is 2.31. The van der Waals surface area contributed by atoms with Gasteiger partial charge in [-0.25, -0.2) is 9.67 Å². The highest BCUT2D eigenvalue weighted by molar-refractivity contribution is 9.08. The summed E-state index contributed by atoms with van der Waals surface area (Å²) in [5.41, 5.74) is 4.69. The van der Waals surface area contributed by atoms with E-state index in [1.54, 1.807) is 0 Å². The Balaban J connectivity index is 2.50. The number of halogens is 1. The molecule has 0 aliphatic heterocycles. The van der Waals surface area contributed by atoms with Crippen molar-refractivity contribution >= 4 is 15.9 Å². The van der Waals surface area contributed by atoms with Gasteiger partial charge in [0.15, 0.2) is 5.82 Å². The first-order valence-electron chi connectivity index (χ1n) is 6.29. The van der Waals surface area contributed by atoms with E-state index >= 15 is 0 Å². The van der Waals surface area contributed by atoms with Gasteiger partial charge >= 0.3 is 0 Å². The molecule has 96 valence electrons. The summed E-state index contributed by atoms with van der Waals surface area (Å²) >= 11 is 3.45. The number of pyridine rings is 1. The second-order valence-corrected chi connectivity index (χ2v) is 4.92. The molecule has 2 rings (SSSR count). The Labute approximate surface area is 116 Å². The molecule has 18 heavy (non-hydrogen) atoms. The molecule has 2 aromatic rings. The van der Waals surface area contributed by atoms with Crippen LogP contribution in [0, 0.1) is 6.92 Å². The molecule has 2 heterocycles. The summed E-state index contributed by atoms with van der Waals surface area (Å²) in [6, 6.07) is 4.32. The Morgan fingerprint density at radius 3 is 2.56 bits per heavy atom. The molecule has 4 heteroatoms. The predicted octanol–water partition coefficient (Wildman–Crippen LogP) is 3.60. The van der Waals surface area contributed by atoms with E-state index < -0.39 is 0 Å². The number of alkyl halides is 1. The van der Waals surface area contributed by atoms with Crippen LogP contribution in [-0.2, 0) is 18.2 Å². The molecule has 0 aliphatic rings. The van der Waals surface area contributed by atoms with Crippen LogP contribution in [0.25, 0.3) is 5.82 Å². The summed E-state index contributed by atoms with van der Waals surface area (Å²) in [4.78, 5) is 4.55. The maximum Gasteiger partial charge on any atom is 0.156 e. The molecule has 3 nitrogen and oxygen atoms in total. The number of nitrogens with zero attached hydrogens (tertiary/aromatic N) is 3. The van der Waals surface area contributed by atoms with Gasteiger partial charge in [0.05, 0.1) is 5.69 Å². The van der Waals surface area contributed by atoms with E-state index in [-0.39, 0.29) is 0 Å². The van der Waals surface area contributed by atoms with Crippen LogP contribution >= 0.6 is 15.9 Å². The Kier molecular flexibility index (Phi) is 4.17. The van der Waals surface area contributed by atoms with Crippen molar-refractivity contribution in [1.29, 1.82) is 0 Å². The first-order chi connectivity index (χ1) is 8.69. The van der Waals surface area contributed by atoms with Crippen LogP contribution in [0.5, 0.6) is 0 Å². The van der Waals surface area contributed by atoms with E-state index in [9.17, 15) is 0 Å². The van der Waals surface area contributed by atoms with Crippen molar-refractivity contribution in [2.75, 3.05) is 0 Å². The molecule has 2 aromatic heterocycles. The molecule has 0 saturated heterocycles. The van der Waals surface area contributed by atoms with Gasteiger partial charge in [0.25, 0.3) is 0 Å². The summed E-state index contributed by atoms with van der Waals surface area (Å²) in [7, 11) is 0. The van der Waals surface area contributed by atoms with E-state index in [1.807, 2.05) is 10.9 Å². The van der Waals surface area contributed by atoms with Gasteiger partial charge in [0.2, 0.25) is 0 Å². The number of hydrogen-bond donors (Lipinski definition) is 0. The fourth-order valence-electron chi connectivity index (χ4n) is 2.00. The molecule has 0 aliphatic carbocycles. The normalized spacial score (nSPS) is 10.9. The zero-order valence-corrected chi connectivity index (χ0v) is 12.7. The van der Waals surface area contributed by atoms with Crippen molar-refractivity contribution in [1.82, 2.24) is 14.8 Å². The zero-order chi connectivity index (χ0) is 13.1. The number of rotatable bonds is 4. The highest BCUT2D eigenvalue weighted by Crippen LogP contribution is 2.17. The van der Waals surface area contributed by atoms with E-state index in [0.29, 0.717) is 0 Å². The molecule has 0 aromatic carbocycles. The molecule has 0 radical (unpaired) electrons. The smallest absolute Gasteiger partial charge is 0.156 e. The lowest BCUT2D eigenvalue weighted by Crippen LogP contribution is -2.06. The zero-order valence-electron chi connectivity index (χ0n) is 11.1. The minimum absolute atomic E-state index is 0.834. The second kappa shape index (κ2) is 5.65. The van der Waals surface area contributed by atoms with Crippen LogP contribution in [-0.4, -0.2) is 14.8 Å². The molecule has 0 amide bonds. The van der Waals surface area contributed by atoms with Crippen molar-refractivity contribution in [3.63, 3.8) is 0 Å². The minimum atomic E-state index is 0.834. The van der Waals surface area contributed by atoms with E-state index in [0.717, 1.165) is 35.2 Å². The molecular weight excluding hydrogens is 290 g/mol. The Hall–Kier alpha value is -1.16. The van der Waals surface area contributed by atoms with Crippen LogP contribution in [0.4, 0.5) is 0 Å². The molecule has 0 saturated carbocycles. The number of aryl methyl sites for hydroxylation is 3. The summed E-state index contributed by atoms with van der Waals surface area (Å²) in [6.07, 6.45) is 3.83. The highest BCUT2D eigenvalue weighted by Gasteiger charge is 2.11. The molecule has 0 unspecified atom stereocenters. The van der Waals surface area contributed by atoms with Crippen LogP contribution in [0.3, 0.4) is 0 Å². The lowest BCUT2D eigenvalue weighted by Gasteiger charge is -2.09. The standard InChI is InChI=1S/C14H18BrN3/c1-4-12-7-13(5-2)18(17-12)14-10(3)6-11(8-15)9-16-14/h6-7,9H,4-5,8H2,1-3H3. The van der Waals surface area contributed by atoms with Crippen LogP contribution in [0.1, 0.15) is 36.4 Å². The van der Waals surface area contributed by atoms with Gasteiger partial charge in [-0.15, -0.1) is 0 Å². The molecular formula is C14H18BrN3. The Bertz CT molecular complexity index is 546. The predicted molar refractivity (Wildman–Crippen MR) is 77.5 cm³/mol. The van der Waals surface area contributed by atoms with Gasteiger partial charge in [-0.2, -0.15) is 5.10 Å². The minimum Gasteiger partial charge on any atom is -0.237 e. The van der Waals surface area contributed by atoms with E-state index in [4.69, 9.17) is 0 Å². The average molecular weight is 308 g/mol. The third-order valence-corrected chi connectivity index (χ3v) is 3.67.